The smallest absolute Gasteiger partial charge is 0.407 e. The van der Waals surface area contributed by atoms with E-state index in [0.717, 1.165) is 31.7 Å². The average molecular weight is 819 g/mol. The summed E-state index contributed by atoms with van der Waals surface area (Å²) in [5, 5.41) is 7.98. The number of hydrogen-bond donors (Lipinski definition) is 3. The highest BCUT2D eigenvalue weighted by molar-refractivity contribution is 8.13. The van der Waals surface area contributed by atoms with E-state index < -0.39 is 61.6 Å². The summed E-state index contributed by atoms with van der Waals surface area (Å²) in [6, 6.07) is 2.61. The van der Waals surface area contributed by atoms with E-state index in [1.165, 1.54) is 42.6 Å². The number of nitrogens with one attached hydrogen (secondary N) is 3. The molecule has 1 heterocycles. The summed E-state index contributed by atoms with van der Waals surface area (Å²) in [6.07, 6.45) is 10.9. The van der Waals surface area contributed by atoms with E-state index in [2.05, 4.69) is 47.5 Å². The summed E-state index contributed by atoms with van der Waals surface area (Å²) in [6.45, 7) is 19.2. The maximum Gasteiger partial charge on any atom is 0.407 e. The van der Waals surface area contributed by atoms with Crippen LogP contribution in [0.5, 0.6) is 0 Å². The van der Waals surface area contributed by atoms with Crippen LogP contribution in [0.15, 0.2) is 42.3 Å². The molecule has 314 valence electrons. The Morgan fingerprint density at radius 1 is 1.02 bits per heavy atom. The number of aromatic nitrogens is 1. The Hall–Kier alpha value is -3.98. The van der Waals surface area contributed by atoms with Crippen molar-refractivity contribution < 1.29 is 43.0 Å². The summed E-state index contributed by atoms with van der Waals surface area (Å²) < 4.78 is 16.5. The van der Waals surface area contributed by atoms with E-state index in [0.29, 0.717) is 24.3 Å². The van der Waals surface area contributed by atoms with Gasteiger partial charge in [-0.3, -0.25) is 24.2 Å². The van der Waals surface area contributed by atoms with Crippen molar-refractivity contribution >= 4 is 54.8 Å². The lowest BCUT2D eigenvalue weighted by molar-refractivity contribution is -0.156. The second kappa shape index (κ2) is 26.0. The highest BCUT2D eigenvalue weighted by atomic mass is 32.2. The Kier molecular flexibility index (Phi) is 23.3. The molecule has 3 N–H and O–H groups in total. The summed E-state index contributed by atoms with van der Waals surface area (Å²) in [5.41, 5.74) is -0.206. The molecule has 15 heteroatoms. The average Bonchev–Trinajstić information content (AvgIpc) is 3.10. The topological polar surface area (TPSA) is 179 Å². The molecular weight excluding hydrogens is 753 g/mol. The van der Waals surface area contributed by atoms with Gasteiger partial charge in [0.1, 0.15) is 23.4 Å². The van der Waals surface area contributed by atoms with Crippen LogP contribution in [0.4, 0.5) is 4.79 Å². The monoisotopic (exact) mass is 818 g/mol. The largest absolute Gasteiger partial charge is 0.466 e. The van der Waals surface area contributed by atoms with Gasteiger partial charge in [-0.25, -0.2) is 9.59 Å². The molecule has 1 aromatic rings. The Morgan fingerprint density at radius 3 is 2.34 bits per heavy atom. The third kappa shape index (κ3) is 23.2. The zero-order chi connectivity index (χ0) is 42.3. The van der Waals surface area contributed by atoms with Gasteiger partial charge in [-0.05, 0) is 70.7 Å². The molecule has 1 aromatic heterocycles. The number of carbonyl (C=O) groups is 6. The molecule has 3 amide bonds. The third-order valence-electron chi connectivity index (χ3n) is 8.01. The standard InChI is InChI=1S/C41H66N4O9SSi/c1-11-13-14-15-16-20-35(47)55-24-18-17-19-32(27-34(46)52-23-25-56(8,9)10)53-39(50)36(29(3)4)45-38(49)33(12-2)44-37(48)30-21-22-42-31(26-30)28-43-40(51)54-41(5,6)7/h12,17,19,21-22,26,29,32,36H,11,13-16,18,20,23-25,27-28H2,1-10H3,(H,43,51)(H,44,48)(H,45,49)/t32-,36+/m1/s1. The van der Waals surface area contributed by atoms with Gasteiger partial charge in [0.15, 0.2) is 5.12 Å². The molecule has 2 atom stereocenters. The van der Waals surface area contributed by atoms with Crippen molar-refractivity contribution in [3.05, 3.63) is 53.5 Å². The van der Waals surface area contributed by atoms with Gasteiger partial charge in [-0.15, -0.1) is 0 Å². The van der Waals surface area contributed by atoms with Crippen LogP contribution in [0, 0.1) is 5.92 Å². The maximum absolute atomic E-state index is 13.6. The van der Waals surface area contributed by atoms with Crippen LogP contribution in [0.3, 0.4) is 0 Å². The fourth-order valence-corrected chi connectivity index (χ4v) is 6.35. The van der Waals surface area contributed by atoms with Crippen LogP contribution in [-0.2, 0) is 39.9 Å². The molecule has 0 fully saturated rings. The maximum atomic E-state index is 13.6. The van der Waals surface area contributed by atoms with Crippen LogP contribution in [0.25, 0.3) is 0 Å². The minimum atomic E-state index is -1.45. The predicted molar refractivity (Wildman–Crippen MR) is 224 cm³/mol. The van der Waals surface area contributed by atoms with Crippen molar-refractivity contribution in [1.29, 1.82) is 0 Å². The fraction of sp³-hybridized carbons (Fsp3) is 0.634. The predicted octanol–water partition coefficient (Wildman–Crippen LogP) is 7.63. The molecule has 0 saturated carbocycles. The molecule has 0 bridgehead atoms. The van der Waals surface area contributed by atoms with Crippen LogP contribution >= 0.6 is 11.8 Å². The molecule has 56 heavy (non-hydrogen) atoms. The van der Waals surface area contributed by atoms with E-state index in [-0.39, 0.29) is 35.9 Å². The normalized spacial score (nSPS) is 13.2. The molecule has 0 aliphatic rings. The molecule has 13 nitrogen and oxygen atoms in total. The Labute approximate surface area is 339 Å². The number of alkyl carbamates (subject to hydrolysis) is 1. The lowest BCUT2D eigenvalue weighted by atomic mass is 10.0. The number of hydrogen-bond acceptors (Lipinski definition) is 11. The summed E-state index contributed by atoms with van der Waals surface area (Å²) in [5.74, 6) is -2.47. The number of allylic oxidation sites excluding steroid dienone is 2. The van der Waals surface area contributed by atoms with Gasteiger partial charge >= 0.3 is 18.0 Å². The summed E-state index contributed by atoms with van der Waals surface area (Å²) in [7, 11) is -1.45. The van der Waals surface area contributed by atoms with E-state index in [1.807, 2.05) is 0 Å². The van der Waals surface area contributed by atoms with E-state index >= 15 is 0 Å². The number of ether oxygens (including phenoxy) is 3. The van der Waals surface area contributed by atoms with Crippen LogP contribution in [0.1, 0.15) is 116 Å². The molecule has 0 spiro atoms. The minimum absolute atomic E-state index is 0.00936. The van der Waals surface area contributed by atoms with Gasteiger partial charge in [0.25, 0.3) is 11.8 Å². The zero-order valence-electron chi connectivity index (χ0n) is 35.2. The number of esters is 2. The van der Waals surface area contributed by atoms with Crippen LogP contribution in [0.2, 0.25) is 25.7 Å². The van der Waals surface area contributed by atoms with E-state index in [9.17, 15) is 28.8 Å². The molecule has 0 aliphatic heterocycles. The van der Waals surface area contributed by atoms with Gasteiger partial charge in [0.05, 0.1) is 25.3 Å². The van der Waals surface area contributed by atoms with Gasteiger partial charge in [-0.1, -0.05) is 90.0 Å². The number of unbranched alkanes of at least 4 members (excludes halogenated alkanes) is 4. The molecular formula is C41H66N4O9SSi. The SMILES string of the molecule is CC=C(NC(=O)c1ccnc(CNC(=O)OC(C)(C)C)c1)C(=O)N[C@H](C(=O)O[C@H](C=CCCSC(=O)CCCCCCC)CC(=O)OCC[Si](C)(C)C)C(C)C. The zero-order valence-corrected chi connectivity index (χ0v) is 37.0. The highest BCUT2D eigenvalue weighted by Crippen LogP contribution is 2.16. The Morgan fingerprint density at radius 2 is 1.71 bits per heavy atom. The molecule has 0 unspecified atom stereocenters. The summed E-state index contributed by atoms with van der Waals surface area (Å²) >= 11 is 1.27. The number of carbonyl (C=O) groups excluding carboxylic acids is 6. The lowest BCUT2D eigenvalue weighted by Crippen LogP contribution is -2.48. The fourth-order valence-electron chi connectivity index (χ4n) is 4.86. The van der Waals surface area contributed by atoms with Gasteiger partial charge in [-0.2, -0.15) is 0 Å². The van der Waals surface area contributed by atoms with Crippen molar-refractivity contribution in [3.63, 3.8) is 0 Å². The second-order valence-corrected chi connectivity index (χ2v) is 22.8. The Balaban J connectivity index is 2.95. The van der Waals surface area contributed by atoms with Gasteiger partial charge in [0, 0.05) is 32.0 Å². The van der Waals surface area contributed by atoms with Crippen molar-refractivity contribution in [2.45, 2.75) is 150 Å². The number of thioether (sulfide) groups is 1. The number of nitrogens with zero attached hydrogens (tertiary/aromatic N) is 1. The molecule has 0 aliphatic carbocycles. The quantitative estimate of drug-likeness (QED) is 0.0233. The number of pyridine rings is 1. The van der Waals surface area contributed by atoms with Crippen LogP contribution in [-0.4, -0.2) is 78.1 Å². The lowest BCUT2D eigenvalue weighted by Gasteiger charge is -2.24. The number of amides is 3. The van der Waals surface area contributed by atoms with E-state index in [4.69, 9.17) is 14.2 Å². The van der Waals surface area contributed by atoms with Gasteiger partial charge in [0.2, 0.25) is 0 Å². The second-order valence-electron chi connectivity index (χ2n) is 16.1. The van der Waals surface area contributed by atoms with Crippen molar-refractivity contribution in [2.24, 2.45) is 5.92 Å². The van der Waals surface area contributed by atoms with Crippen molar-refractivity contribution in [2.75, 3.05) is 12.4 Å². The van der Waals surface area contributed by atoms with E-state index in [1.54, 1.807) is 53.7 Å². The molecule has 0 saturated heterocycles. The van der Waals surface area contributed by atoms with Crippen molar-refractivity contribution in [3.8, 4) is 0 Å². The molecule has 1 rings (SSSR count). The van der Waals surface area contributed by atoms with Crippen LogP contribution < -0.4 is 16.0 Å². The summed E-state index contributed by atoms with van der Waals surface area (Å²) in [4.78, 5) is 81.4. The first-order chi connectivity index (χ1) is 26.2. The third-order valence-corrected chi connectivity index (χ3v) is 10.7. The first-order valence-electron chi connectivity index (χ1n) is 19.6. The van der Waals surface area contributed by atoms with Gasteiger partial charge < -0.3 is 30.2 Å². The highest BCUT2D eigenvalue weighted by Gasteiger charge is 2.30. The van der Waals surface area contributed by atoms with Crippen molar-refractivity contribution in [1.82, 2.24) is 20.9 Å². The molecule has 0 aromatic carbocycles. The first kappa shape index (κ1) is 50.0. The number of rotatable bonds is 24. The minimum Gasteiger partial charge on any atom is -0.466 e. The Bertz CT molecular complexity index is 1500. The first-order valence-corrected chi connectivity index (χ1v) is 24.3. The molecule has 0 radical (unpaired) electrons.